The number of rotatable bonds is 1. The van der Waals surface area contributed by atoms with E-state index in [0.29, 0.717) is 31.6 Å². The van der Waals surface area contributed by atoms with Gasteiger partial charge in [0.25, 0.3) is 0 Å². The molecule has 6 nitrogen and oxygen atoms in total. The minimum atomic E-state index is -4.51. The molecule has 30 heavy (non-hydrogen) atoms. The highest BCUT2D eigenvalue weighted by molar-refractivity contribution is 5.96. The molecule has 1 aliphatic carbocycles. The monoisotopic (exact) mass is 425 g/mol. The molecule has 9 heteroatoms. The van der Waals surface area contributed by atoms with E-state index in [2.05, 4.69) is 4.98 Å². The van der Waals surface area contributed by atoms with Crippen LogP contribution in [0.2, 0.25) is 0 Å². The molecule has 0 radical (unpaired) electrons. The second-order valence-corrected chi connectivity index (χ2v) is 9.68. The van der Waals surface area contributed by atoms with Gasteiger partial charge in [-0.15, -0.1) is 0 Å². The van der Waals surface area contributed by atoms with Crippen molar-refractivity contribution in [2.75, 3.05) is 18.0 Å². The molecule has 0 aromatic carbocycles. The summed E-state index contributed by atoms with van der Waals surface area (Å²) in [6, 6.07) is 2.23. The van der Waals surface area contributed by atoms with Gasteiger partial charge in [0, 0.05) is 31.0 Å². The molecule has 1 spiro atoms. The molecule has 2 amide bonds. The van der Waals surface area contributed by atoms with Crippen LogP contribution < -0.4 is 4.90 Å². The fourth-order valence-electron chi connectivity index (χ4n) is 5.13. The lowest BCUT2D eigenvalue weighted by Crippen LogP contribution is -2.60. The topological polar surface area (TPSA) is 62.7 Å². The van der Waals surface area contributed by atoms with Gasteiger partial charge in [-0.2, -0.15) is 13.2 Å². The molecule has 3 unspecified atom stereocenters. The molecule has 4 aliphatic rings. The maximum atomic E-state index is 12.8. The van der Waals surface area contributed by atoms with Gasteiger partial charge in [-0.05, 0) is 58.1 Å². The Morgan fingerprint density at radius 1 is 1.23 bits per heavy atom. The van der Waals surface area contributed by atoms with Crippen LogP contribution in [-0.4, -0.2) is 46.6 Å². The second kappa shape index (κ2) is 6.85. The molecule has 4 heterocycles. The van der Waals surface area contributed by atoms with E-state index < -0.39 is 17.5 Å². The summed E-state index contributed by atoms with van der Waals surface area (Å²) in [6.45, 7) is 6.49. The molecule has 1 saturated carbocycles. The number of ether oxygens (including phenoxy) is 1. The van der Waals surface area contributed by atoms with Crippen LogP contribution in [0.3, 0.4) is 0 Å². The lowest BCUT2D eigenvalue weighted by molar-refractivity contribution is -0.141. The Balaban J connectivity index is 1.50. The van der Waals surface area contributed by atoms with Gasteiger partial charge < -0.3 is 14.5 Å². The van der Waals surface area contributed by atoms with Gasteiger partial charge in [-0.1, -0.05) is 0 Å². The number of piperidine rings is 2. The predicted molar refractivity (Wildman–Crippen MR) is 103 cm³/mol. The van der Waals surface area contributed by atoms with Crippen LogP contribution in [0.25, 0.3) is 0 Å². The number of amides is 2. The maximum Gasteiger partial charge on any atom is 0.433 e. The van der Waals surface area contributed by atoms with Crippen molar-refractivity contribution in [3.05, 3.63) is 24.0 Å². The van der Waals surface area contributed by atoms with Crippen molar-refractivity contribution in [2.45, 2.75) is 64.3 Å². The molecule has 164 valence electrons. The molecular formula is C21H26F3N3O3. The lowest BCUT2D eigenvalue weighted by Gasteiger charge is -2.54. The number of alkyl halides is 3. The maximum absolute atomic E-state index is 12.8. The normalized spacial score (nSPS) is 29.1. The molecule has 1 aromatic heterocycles. The quantitative estimate of drug-likeness (QED) is 0.675. The Labute approximate surface area is 173 Å². The van der Waals surface area contributed by atoms with Gasteiger partial charge >= 0.3 is 12.3 Å². The zero-order chi connectivity index (χ0) is 21.9. The summed E-state index contributed by atoms with van der Waals surface area (Å²) in [7, 11) is 0. The summed E-state index contributed by atoms with van der Waals surface area (Å²) in [5, 5.41) is 0. The first kappa shape index (κ1) is 20.9. The molecular weight excluding hydrogens is 399 g/mol. The van der Waals surface area contributed by atoms with E-state index in [1.54, 1.807) is 9.80 Å². The number of hydrogen-bond donors (Lipinski definition) is 0. The predicted octanol–water partition coefficient (Wildman–Crippen LogP) is 4.24. The van der Waals surface area contributed by atoms with Gasteiger partial charge in [0.05, 0.1) is 11.9 Å². The average molecular weight is 425 g/mol. The Kier molecular flexibility index (Phi) is 4.78. The van der Waals surface area contributed by atoms with E-state index in [1.807, 2.05) is 20.8 Å². The third kappa shape index (κ3) is 3.74. The summed E-state index contributed by atoms with van der Waals surface area (Å²) in [6.07, 6.45) is -0.862. The van der Waals surface area contributed by atoms with Gasteiger partial charge in [0.2, 0.25) is 5.91 Å². The van der Waals surface area contributed by atoms with Crippen molar-refractivity contribution in [1.82, 2.24) is 9.88 Å². The highest BCUT2D eigenvalue weighted by atomic mass is 19.4. The number of nitrogens with zero attached hydrogens (tertiary/aromatic N) is 3. The van der Waals surface area contributed by atoms with Gasteiger partial charge in [0.15, 0.2) is 0 Å². The van der Waals surface area contributed by atoms with E-state index in [9.17, 15) is 22.8 Å². The summed E-state index contributed by atoms with van der Waals surface area (Å²) >= 11 is 0. The fourth-order valence-corrected chi connectivity index (χ4v) is 5.13. The average Bonchev–Trinajstić information content (AvgIpc) is 2.96. The highest BCUT2D eigenvalue weighted by Gasteiger charge is 2.57. The SMILES string of the molecule is CC(C)(C)OC(=O)N1CC2CCC1CC21CC(=O)N(c2ccc(C(F)(F)F)nc2)C1. The summed E-state index contributed by atoms with van der Waals surface area (Å²) in [5.74, 6) is 0.0549. The van der Waals surface area contributed by atoms with E-state index in [0.717, 1.165) is 25.1 Å². The van der Waals surface area contributed by atoms with Crippen LogP contribution in [0.1, 0.15) is 52.1 Å². The molecule has 4 fully saturated rings. The zero-order valence-corrected chi connectivity index (χ0v) is 17.3. The van der Waals surface area contributed by atoms with Crippen LogP contribution >= 0.6 is 0 Å². The van der Waals surface area contributed by atoms with E-state index in [4.69, 9.17) is 4.74 Å². The Morgan fingerprint density at radius 2 is 1.97 bits per heavy atom. The van der Waals surface area contributed by atoms with Crippen molar-refractivity contribution in [3.63, 3.8) is 0 Å². The fraction of sp³-hybridized carbons (Fsp3) is 0.667. The van der Waals surface area contributed by atoms with Crippen LogP contribution in [0.4, 0.5) is 23.7 Å². The minimum absolute atomic E-state index is 0.0170. The number of hydrogen-bond acceptors (Lipinski definition) is 4. The van der Waals surface area contributed by atoms with E-state index >= 15 is 0 Å². The van der Waals surface area contributed by atoms with E-state index in [-0.39, 0.29) is 29.4 Å². The van der Waals surface area contributed by atoms with Crippen molar-refractivity contribution < 1.29 is 27.5 Å². The van der Waals surface area contributed by atoms with Crippen LogP contribution in [0.5, 0.6) is 0 Å². The minimum Gasteiger partial charge on any atom is -0.444 e. The summed E-state index contributed by atoms with van der Waals surface area (Å²) in [4.78, 5) is 32.2. The molecule has 2 bridgehead atoms. The van der Waals surface area contributed by atoms with Crippen molar-refractivity contribution in [1.29, 1.82) is 0 Å². The highest BCUT2D eigenvalue weighted by Crippen LogP contribution is 2.54. The van der Waals surface area contributed by atoms with Crippen LogP contribution in [-0.2, 0) is 15.7 Å². The van der Waals surface area contributed by atoms with Gasteiger partial charge in [-0.25, -0.2) is 9.78 Å². The van der Waals surface area contributed by atoms with Crippen molar-refractivity contribution in [2.24, 2.45) is 11.3 Å². The Bertz CT molecular complexity index is 850. The second-order valence-electron chi connectivity index (χ2n) is 9.68. The molecule has 0 N–H and O–H groups in total. The smallest absolute Gasteiger partial charge is 0.433 e. The van der Waals surface area contributed by atoms with E-state index in [1.165, 1.54) is 6.07 Å². The number of pyridine rings is 1. The lowest BCUT2D eigenvalue weighted by atomic mass is 9.60. The summed E-state index contributed by atoms with van der Waals surface area (Å²) in [5.41, 5.74) is -1.42. The zero-order valence-electron chi connectivity index (χ0n) is 17.3. The third-order valence-electron chi connectivity index (χ3n) is 6.47. The van der Waals surface area contributed by atoms with Crippen molar-refractivity contribution in [3.8, 4) is 0 Å². The first-order chi connectivity index (χ1) is 13.9. The number of halogens is 3. The number of anilines is 1. The first-order valence-corrected chi connectivity index (χ1v) is 10.2. The Morgan fingerprint density at radius 3 is 2.50 bits per heavy atom. The van der Waals surface area contributed by atoms with Gasteiger partial charge in [-0.3, -0.25) is 4.79 Å². The molecule has 3 saturated heterocycles. The standard InChI is InChI=1S/C21H26F3N3O3/c1-19(2,3)30-18(29)26-11-13-4-5-14(26)8-20(13)9-17(28)27(12-20)15-6-7-16(25-10-15)21(22,23)24/h6-7,10,13-14H,4-5,8-9,11-12H2,1-3H3. The molecule has 5 rings (SSSR count). The van der Waals surface area contributed by atoms with Crippen LogP contribution in [0.15, 0.2) is 18.3 Å². The van der Waals surface area contributed by atoms with Crippen LogP contribution in [0, 0.1) is 11.3 Å². The molecule has 3 atom stereocenters. The number of aromatic nitrogens is 1. The Hall–Kier alpha value is -2.32. The first-order valence-electron chi connectivity index (χ1n) is 10.2. The number of fused-ring (bicyclic) bond motifs is 2. The number of carbonyl (C=O) groups is 2. The van der Waals surface area contributed by atoms with Gasteiger partial charge in [0.1, 0.15) is 11.3 Å². The molecule has 1 aromatic rings. The summed E-state index contributed by atoms with van der Waals surface area (Å²) < 4.78 is 43.9. The number of carbonyl (C=O) groups excluding carboxylic acids is 2. The van der Waals surface area contributed by atoms with Crippen molar-refractivity contribution >= 4 is 17.7 Å². The largest absolute Gasteiger partial charge is 0.444 e. The molecule has 3 aliphatic heterocycles. The third-order valence-corrected chi connectivity index (χ3v) is 6.47.